The topological polar surface area (TPSA) is 18.5 Å². The molecule has 0 fully saturated rings. The first-order valence-electron chi connectivity index (χ1n) is 3.20. The Bertz CT molecular complexity index is 97.5. The van der Waals surface area contributed by atoms with Crippen LogP contribution in [0.5, 0.6) is 0 Å². The molecule has 0 N–H and O–H groups in total. The van der Waals surface area contributed by atoms with E-state index in [0.29, 0.717) is 6.79 Å². The minimum Gasteiger partial charge on any atom is -0.348 e. The van der Waals surface area contributed by atoms with E-state index in [0.717, 1.165) is 0 Å². The monoisotopic (exact) mass is 128 g/mol. The summed E-state index contributed by atoms with van der Waals surface area (Å²) in [5.74, 6) is 0. The zero-order valence-electron chi connectivity index (χ0n) is 5.83. The third-order valence-electron chi connectivity index (χ3n) is 1.32. The van der Waals surface area contributed by atoms with E-state index in [2.05, 4.69) is 0 Å². The van der Waals surface area contributed by atoms with Crippen LogP contribution in [0.4, 0.5) is 0 Å². The summed E-state index contributed by atoms with van der Waals surface area (Å²) in [6.07, 6.45) is 4.43. The van der Waals surface area contributed by atoms with Crippen LogP contribution in [0, 0.1) is 0 Å². The Balaban J connectivity index is 2.43. The van der Waals surface area contributed by atoms with Crippen molar-refractivity contribution in [2.75, 3.05) is 6.79 Å². The van der Waals surface area contributed by atoms with Crippen LogP contribution in [0.15, 0.2) is 12.2 Å². The minimum atomic E-state index is 0.204. The molecule has 0 saturated heterocycles. The summed E-state index contributed by atoms with van der Waals surface area (Å²) in [5.41, 5.74) is 0. The molecular formula is C7H12O2. The lowest BCUT2D eigenvalue weighted by molar-refractivity contribution is -0.0772. The molecule has 2 unspecified atom stereocenters. The summed E-state index contributed by atoms with van der Waals surface area (Å²) < 4.78 is 10.3. The Morgan fingerprint density at radius 3 is 2.00 bits per heavy atom. The highest BCUT2D eigenvalue weighted by atomic mass is 16.7. The van der Waals surface area contributed by atoms with Crippen molar-refractivity contribution in [3.05, 3.63) is 12.2 Å². The molecule has 1 rings (SSSR count). The quantitative estimate of drug-likeness (QED) is 0.458. The normalized spacial score (nSPS) is 36.2. The fourth-order valence-corrected chi connectivity index (χ4v) is 0.678. The minimum absolute atomic E-state index is 0.204. The number of ether oxygens (including phenoxy) is 2. The van der Waals surface area contributed by atoms with E-state index in [4.69, 9.17) is 9.47 Å². The molecule has 0 aromatic carbocycles. The van der Waals surface area contributed by atoms with Crippen molar-refractivity contribution in [1.82, 2.24) is 0 Å². The van der Waals surface area contributed by atoms with Crippen LogP contribution >= 0.6 is 0 Å². The van der Waals surface area contributed by atoms with E-state index >= 15 is 0 Å². The van der Waals surface area contributed by atoms with Gasteiger partial charge in [0, 0.05) is 0 Å². The van der Waals surface area contributed by atoms with E-state index in [-0.39, 0.29) is 12.2 Å². The van der Waals surface area contributed by atoms with Gasteiger partial charge < -0.3 is 9.47 Å². The van der Waals surface area contributed by atoms with Gasteiger partial charge in [0.2, 0.25) is 0 Å². The molecule has 0 saturated carbocycles. The molecule has 0 aromatic rings. The Morgan fingerprint density at radius 2 is 1.56 bits per heavy atom. The van der Waals surface area contributed by atoms with Gasteiger partial charge in [-0.05, 0) is 13.8 Å². The molecular weight excluding hydrogens is 116 g/mol. The molecule has 0 bridgehead atoms. The van der Waals surface area contributed by atoms with Crippen molar-refractivity contribution in [3.63, 3.8) is 0 Å². The number of hydrogen-bond acceptors (Lipinski definition) is 2. The highest BCUT2D eigenvalue weighted by molar-refractivity contribution is 4.92. The van der Waals surface area contributed by atoms with Crippen LogP contribution in [-0.2, 0) is 9.47 Å². The number of hydrogen-bond donors (Lipinski definition) is 0. The van der Waals surface area contributed by atoms with Gasteiger partial charge in [-0.3, -0.25) is 0 Å². The van der Waals surface area contributed by atoms with Gasteiger partial charge >= 0.3 is 0 Å². The highest BCUT2D eigenvalue weighted by Gasteiger charge is 2.04. The molecule has 1 heterocycles. The van der Waals surface area contributed by atoms with Gasteiger partial charge in [0.15, 0.2) is 0 Å². The van der Waals surface area contributed by atoms with E-state index < -0.39 is 0 Å². The SMILES string of the molecule is CC1C=CC(C)OCO1. The maximum Gasteiger partial charge on any atom is 0.148 e. The Hall–Kier alpha value is -0.340. The predicted molar refractivity (Wildman–Crippen MR) is 35.1 cm³/mol. The van der Waals surface area contributed by atoms with Gasteiger partial charge in [-0.2, -0.15) is 0 Å². The van der Waals surface area contributed by atoms with Crippen molar-refractivity contribution >= 4 is 0 Å². The van der Waals surface area contributed by atoms with Crippen LogP contribution in [0.2, 0.25) is 0 Å². The fourth-order valence-electron chi connectivity index (χ4n) is 0.678. The van der Waals surface area contributed by atoms with Crippen molar-refractivity contribution in [1.29, 1.82) is 0 Å². The van der Waals surface area contributed by atoms with Crippen molar-refractivity contribution in [2.24, 2.45) is 0 Å². The molecule has 0 aliphatic carbocycles. The van der Waals surface area contributed by atoms with Gasteiger partial charge in [0.05, 0.1) is 12.2 Å². The summed E-state index contributed by atoms with van der Waals surface area (Å²) in [7, 11) is 0. The lowest BCUT2D eigenvalue weighted by atomic mass is 10.3. The second kappa shape index (κ2) is 2.99. The van der Waals surface area contributed by atoms with Gasteiger partial charge in [0.25, 0.3) is 0 Å². The van der Waals surface area contributed by atoms with E-state index in [9.17, 15) is 0 Å². The third-order valence-corrected chi connectivity index (χ3v) is 1.32. The molecule has 52 valence electrons. The first-order valence-corrected chi connectivity index (χ1v) is 3.20. The molecule has 0 radical (unpaired) electrons. The van der Waals surface area contributed by atoms with Crippen molar-refractivity contribution < 1.29 is 9.47 Å². The van der Waals surface area contributed by atoms with Crippen LogP contribution < -0.4 is 0 Å². The third kappa shape index (κ3) is 2.16. The van der Waals surface area contributed by atoms with E-state index in [1.54, 1.807) is 0 Å². The maximum atomic E-state index is 5.16. The predicted octanol–water partition coefficient (Wildman–Crippen LogP) is 1.32. The average molecular weight is 128 g/mol. The summed E-state index contributed by atoms with van der Waals surface area (Å²) in [6, 6.07) is 0. The lowest BCUT2D eigenvalue weighted by Crippen LogP contribution is -2.07. The molecule has 1 aliphatic heterocycles. The Morgan fingerprint density at radius 1 is 1.11 bits per heavy atom. The van der Waals surface area contributed by atoms with Crippen LogP contribution in [-0.4, -0.2) is 19.0 Å². The Kier molecular flexibility index (Phi) is 2.25. The number of rotatable bonds is 0. The summed E-state index contributed by atoms with van der Waals surface area (Å²) in [5, 5.41) is 0. The van der Waals surface area contributed by atoms with Gasteiger partial charge in [0.1, 0.15) is 6.79 Å². The summed E-state index contributed by atoms with van der Waals surface area (Å²) in [6.45, 7) is 4.41. The molecule has 2 heteroatoms. The molecule has 2 atom stereocenters. The van der Waals surface area contributed by atoms with Crippen LogP contribution in [0.25, 0.3) is 0 Å². The van der Waals surface area contributed by atoms with Crippen LogP contribution in [0.3, 0.4) is 0 Å². The molecule has 9 heavy (non-hydrogen) atoms. The molecule has 2 nitrogen and oxygen atoms in total. The molecule has 1 aliphatic rings. The van der Waals surface area contributed by atoms with E-state index in [1.807, 2.05) is 26.0 Å². The smallest absolute Gasteiger partial charge is 0.148 e. The zero-order valence-corrected chi connectivity index (χ0v) is 5.83. The van der Waals surface area contributed by atoms with Crippen molar-refractivity contribution in [2.45, 2.75) is 26.1 Å². The average Bonchev–Trinajstić information content (AvgIpc) is 1.97. The first kappa shape index (κ1) is 6.78. The second-order valence-electron chi connectivity index (χ2n) is 2.25. The van der Waals surface area contributed by atoms with Gasteiger partial charge in [-0.15, -0.1) is 0 Å². The molecule has 0 spiro atoms. The standard InChI is InChI=1S/C7H12O2/c1-6-3-4-7(2)9-5-8-6/h3-4,6-7H,5H2,1-2H3. The summed E-state index contributed by atoms with van der Waals surface area (Å²) in [4.78, 5) is 0. The van der Waals surface area contributed by atoms with Gasteiger partial charge in [-0.1, -0.05) is 12.2 Å². The Labute approximate surface area is 55.5 Å². The van der Waals surface area contributed by atoms with Gasteiger partial charge in [-0.25, -0.2) is 0 Å². The fraction of sp³-hybridized carbons (Fsp3) is 0.714. The van der Waals surface area contributed by atoms with Crippen molar-refractivity contribution in [3.8, 4) is 0 Å². The largest absolute Gasteiger partial charge is 0.348 e. The maximum absolute atomic E-state index is 5.16. The zero-order chi connectivity index (χ0) is 6.69. The second-order valence-corrected chi connectivity index (χ2v) is 2.25. The van der Waals surface area contributed by atoms with Crippen LogP contribution in [0.1, 0.15) is 13.8 Å². The van der Waals surface area contributed by atoms with E-state index in [1.165, 1.54) is 0 Å². The first-order chi connectivity index (χ1) is 4.29. The summed E-state index contributed by atoms with van der Waals surface area (Å²) >= 11 is 0. The molecule has 0 aromatic heterocycles. The lowest BCUT2D eigenvalue weighted by Gasteiger charge is -2.05. The highest BCUT2D eigenvalue weighted by Crippen LogP contribution is 2.03. The molecule has 0 amide bonds.